The molecule has 0 bridgehead atoms. The van der Waals surface area contributed by atoms with Gasteiger partial charge in [0, 0.05) is 24.7 Å². The van der Waals surface area contributed by atoms with E-state index in [0.717, 1.165) is 39.9 Å². The van der Waals surface area contributed by atoms with Crippen LogP contribution in [0.2, 0.25) is 0 Å². The topological polar surface area (TPSA) is 60.8 Å². The Balaban J connectivity index is 1.63. The molecule has 0 saturated heterocycles. The number of benzene rings is 3. The van der Waals surface area contributed by atoms with Gasteiger partial charge < -0.3 is 18.9 Å². The highest BCUT2D eigenvalue weighted by molar-refractivity contribution is 5.93. The van der Waals surface area contributed by atoms with E-state index in [1.54, 1.807) is 4.90 Å². The van der Waals surface area contributed by atoms with Gasteiger partial charge in [-0.15, -0.1) is 0 Å². The van der Waals surface area contributed by atoms with Gasteiger partial charge in [0.1, 0.15) is 18.9 Å². The highest BCUT2D eigenvalue weighted by atomic mass is 16.5. The molecular weight excluding hydrogens is 488 g/mol. The zero-order valence-corrected chi connectivity index (χ0v) is 23.4. The van der Waals surface area contributed by atoms with E-state index >= 15 is 0 Å². The zero-order valence-electron chi connectivity index (χ0n) is 23.4. The Hall–Kier alpha value is -4.06. The van der Waals surface area contributed by atoms with E-state index in [2.05, 4.69) is 16.7 Å². The summed E-state index contributed by atoms with van der Waals surface area (Å²) in [6.07, 6.45) is 1.30. The van der Waals surface area contributed by atoms with Gasteiger partial charge >= 0.3 is 5.97 Å². The molecule has 0 aliphatic rings. The highest BCUT2D eigenvalue weighted by Gasteiger charge is 2.24. The molecule has 0 N–H and O–H groups in total. The van der Waals surface area contributed by atoms with Crippen LogP contribution in [0.15, 0.2) is 78.9 Å². The third-order valence-corrected chi connectivity index (χ3v) is 7.17. The molecule has 1 unspecified atom stereocenters. The van der Waals surface area contributed by atoms with Gasteiger partial charge in [0.05, 0.1) is 18.0 Å². The molecule has 4 rings (SSSR count). The Labute approximate surface area is 231 Å². The highest BCUT2D eigenvalue weighted by Crippen LogP contribution is 2.36. The predicted octanol–water partition coefficient (Wildman–Crippen LogP) is 5.97. The molecule has 0 aliphatic heterocycles. The number of likely N-dealkylation sites (N-methyl/N-ethyl adjacent to an activating group) is 1. The lowest BCUT2D eigenvalue weighted by Gasteiger charge is -2.19. The van der Waals surface area contributed by atoms with Crippen LogP contribution < -0.4 is 4.74 Å². The fourth-order valence-electron chi connectivity index (χ4n) is 4.88. The van der Waals surface area contributed by atoms with Crippen molar-refractivity contribution in [2.45, 2.75) is 46.8 Å². The maximum absolute atomic E-state index is 13.3. The number of rotatable bonds is 12. The molecule has 1 atom stereocenters. The number of fused-ring (bicyclic) bond motifs is 1. The van der Waals surface area contributed by atoms with Crippen LogP contribution in [-0.2, 0) is 40.3 Å². The standard InChI is InChI=1S/C33H38N2O4/c1-5-38-33(37)24(2)21-28-25(3)35(22-31(36)34(4)20-19-26-13-8-6-9-14-26)29-17-12-18-30(32(28)29)39-23-27-15-10-7-11-16-27/h6-18,24H,5,19-23H2,1-4H3. The third-order valence-electron chi connectivity index (χ3n) is 7.17. The van der Waals surface area contributed by atoms with Gasteiger partial charge in [0.2, 0.25) is 5.91 Å². The largest absolute Gasteiger partial charge is 0.488 e. The van der Waals surface area contributed by atoms with Crippen LogP contribution >= 0.6 is 0 Å². The molecule has 0 aliphatic carbocycles. The second kappa shape index (κ2) is 13.1. The molecule has 39 heavy (non-hydrogen) atoms. The van der Waals surface area contributed by atoms with Gasteiger partial charge in [-0.2, -0.15) is 0 Å². The van der Waals surface area contributed by atoms with Crippen molar-refractivity contribution in [2.24, 2.45) is 5.92 Å². The average Bonchev–Trinajstić information content (AvgIpc) is 3.22. The Morgan fingerprint density at radius 1 is 0.923 bits per heavy atom. The quantitative estimate of drug-likeness (QED) is 0.213. The van der Waals surface area contributed by atoms with Crippen LogP contribution in [0.3, 0.4) is 0 Å². The van der Waals surface area contributed by atoms with Crippen molar-refractivity contribution in [1.82, 2.24) is 9.47 Å². The number of esters is 1. The minimum atomic E-state index is -0.325. The van der Waals surface area contributed by atoms with E-state index in [4.69, 9.17) is 9.47 Å². The lowest BCUT2D eigenvalue weighted by molar-refractivity contribution is -0.147. The first-order valence-corrected chi connectivity index (χ1v) is 13.6. The smallest absolute Gasteiger partial charge is 0.308 e. The number of carbonyl (C=O) groups excluding carboxylic acids is 2. The summed E-state index contributed by atoms with van der Waals surface area (Å²) in [7, 11) is 1.85. The summed E-state index contributed by atoms with van der Waals surface area (Å²) in [4.78, 5) is 27.7. The lowest BCUT2D eigenvalue weighted by atomic mass is 9.98. The molecule has 4 aromatic rings. The van der Waals surface area contributed by atoms with Crippen LogP contribution in [0.1, 0.15) is 36.2 Å². The monoisotopic (exact) mass is 526 g/mol. The van der Waals surface area contributed by atoms with Crippen molar-refractivity contribution in [3.8, 4) is 5.75 Å². The first-order chi connectivity index (χ1) is 18.9. The summed E-state index contributed by atoms with van der Waals surface area (Å²) in [5.74, 6) is 0.229. The number of nitrogens with zero attached hydrogens (tertiary/aromatic N) is 2. The maximum Gasteiger partial charge on any atom is 0.308 e. The Morgan fingerprint density at radius 3 is 2.26 bits per heavy atom. The minimum Gasteiger partial charge on any atom is -0.488 e. The van der Waals surface area contributed by atoms with Crippen molar-refractivity contribution in [3.05, 3.63) is 101 Å². The molecule has 204 valence electrons. The fourth-order valence-corrected chi connectivity index (χ4v) is 4.88. The van der Waals surface area contributed by atoms with Crippen LogP contribution in [0.25, 0.3) is 10.9 Å². The van der Waals surface area contributed by atoms with Crippen molar-refractivity contribution in [3.63, 3.8) is 0 Å². The summed E-state index contributed by atoms with van der Waals surface area (Å²) < 4.78 is 13.7. The number of ether oxygens (including phenoxy) is 2. The van der Waals surface area contributed by atoms with Crippen molar-refractivity contribution >= 4 is 22.8 Å². The number of hydrogen-bond donors (Lipinski definition) is 0. The van der Waals surface area contributed by atoms with E-state index in [9.17, 15) is 9.59 Å². The Bertz CT molecular complexity index is 1400. The molecule has 0 radical (unpaired) electrons. The molecule has 6 nitrogen and oxygen atoms in total. The lowest BCUT2D eigenvalue weighted by Crippen LogP contribution is -2.32. The van der Waals surface area contributed by atoms with E-state index < -0.39 is 0 Å². The zero-order chi connectivity index (χ0) is 27.8. The van der Waals surface area contributed by atoms with Crippen LogP contribution in [0.5, 0.6) is 5.75 Å². The number of aromatic nitrogens is 1. The van der Waals surface area contributed by atoms with E-state index in [0.29, 0.717) is 26.2 Å². The Morgan fingerprint density at radius 2 is 1.59 bits per heavy atom. The van der Waals surface area contributed by atoms with Gasteiger partial charge in [-0.25, -0.2) is 0 Å². The molecule has 1 heterocycles. The summed E-state index contributed by atoms with van der Waals surface area (Å²) in [5.41, 5.74) is 5.17. The van der Waals surface area contributed by atoms with E-state index in [-0.39, 0.29) is 24.3 Å². The normalized spacial score (nSPS) is 11.8. The second-order valence-electron chi connectivity index (χ2n) is 9.98. The molecule has 0 fully saturated rings. The third kappa shape index (κ3) is 6.88. The van der Waals surface area contributed by atoms with E-state index in [1.165, 1.54) is 5.56 Å². The van der Waals surface area contributed by atoms with Gasteiger partial charge in [-0.3, -0.25) is 9.59 Å². The molecular formula is C33H38N2O4. The van der Waals surface area contributed by atoms with Gasteiger partial charge in [-0.1, -0.05) is 73.7 Å². The fraction of sp³-hybridized carbons (Fsp3) is 0.333. The van der Waals surface area contributed by atoms with Gasteiger partial charge in [0.15, 0.2) is 0 Å². The number of amides is 1. The molecule has 0 saturated carbocycles. The predicted molar refractivity (Wildman–Crippen MR) is 155 cm³/mol. The number of hydrogen-bond acceptors (Lipinski definition) is 4. The average molecular weight is 527 g/mol. The minimum absolute atomic E-state index is 0.0338. The van der Waals surface area contributed by atoms with Gasteiger partial charge in [0.25, 0.3) is 0 Å². The summed E-state index contributed by atoms with van der Waals surface area (Å²) in [5, 5.41) is 0.946. The molecule has 0 spiro atoms. The van der Waals surface area contributed by atoms with Crippen LogP contribution in [-0.4, -0.2) is 41.5 Å². The van der Waals surface area contributed by atoms with Crippen molar-refractivity contribution in [2.75, 3.05) is 20.2 Å². The van der Waals surface area contributed by atoms with Crippen LogP contribution in [0, 0.1) is 12.8 Å². The van der Waals surface area contributed by atoms with E-state index in [1.807, 2.05) is 94.5 Å². The first kappa shape index (κ1) is 28.0. The molecule has 3 aromatic carbocycles. The van der Waals surface area contributed by atoms with Crippen LogP contribution in [0.4, 0.5) is 0 Å². The number of carbonyl (C=O) groups is 2. The molecule has 1 aromatic heterocycles. The molecule has 6 heteroatoms. The summed E-state index contributed by atoms with van der Waals surface area (Å²) in [6.45, 7) is 7.35. The van der Waals surface area contributed by atoms with Crippen molar-refractivity contribution < 1.29 is 19.1 Å². The SMILES string of the molecule is CCOC(=O)C(C)Cc1c(C)n(CC(=O)N(C)CCc2ccccc2)c2cccc(OCc3ccccc3)c12. The maximum atomic E-state index is 13.3. The van der Waals surface area contributed by atoms with Gasteiger partial charge in [-0.05, 0) is 55.5 Å². The Kier molecular flexibility index (Phi) is 9.42. The molecule has 1 amide bonds. The summed E-state index contributed by atoms with van der Waals surface area (Å²) >= 11 is 0. The summed E-state index contributed by atoms with van der Waals surface area (Å²) in [6, 6.07) is 26.2. The van der Waals surface area contributed by atoms with Crippen molar-refractivity contribution in [1.29, 1.82) is 0 Å². The second-order valence-corrected chi connectivity index (χ2v) is 9.98. The first-order valence-electron chi connectivity index (χ1n) is 13.6.